The minimum atomic E-state index is -0.365. The molecule has 104 valence electrons. The smallest absolute Gasteiger partial charge is 0.276 e. The van der Waals surface area contributed by atoms with Gasteiger partial charge in [-0.3, -0.25) is 4.79 Å². The van der Waals surface area contributed by atoms with Gasteiger partial charge in [0.1, 0.15) is 0 Å². The van der Waals surface area contributed by atoms with Gasteiger partial charge in [-0.15, -0.1) is 0 Å². The number of halogens is 1. The van der Waals surface area contributed by atoms with Crippen molar-refractivity contribution in [1.82, 2.24) is 9.97 Å². The van der Waals surface area contributed by atoms with Crippen LogP contribution in [0.4, 0.5) is 11.4 Å². The van der Waals surface area contributed by atoms with E-state index in [9.17, 15) is 4.79 Å². The zero-order valence-corrected chi connectivity index (χ0v) is 12.5. The van der Waals surface area contributed by atoms with Gasteiger partial charge in [-0.1, -0.05) is 35.5 Å². The highest BCUT2D eigenvalue weighted by atomic mass is 35.5. The molecule has 0 aliphatic heterocycles. The van der Waals surface area contributed by atoms with Crippen LogP contribution in [0.5, 0.6) is 0 Å². The summed E-state index contributed by atoms with van der Waals surface area (Å²) in [6.07, 6.45) is 3.26. The molecule has 0 aliphatic rings. The standard InChI is InChI=1S/C13H13ClN4OS/c1-15-9-5-3-4-6-10(9)17-12(19)11-8(14)7-16-13(18-11)20-2/h3-7,15H,1-2H3,(H,17,19). The van der Waals surface area contributed by atoms with Gasteiger partial charge in [0.15, 0.2) is 10.9 Å². The van der Waals surface area contributed by atoms with Crippen molar-refractivity contribution in [2.75, 3.05) is 23.9 Å². The highest BCUT2D eigenvalue weighted by Crippen LogP contribution is 2.22. The number of carbonyl (C=O) groups is 1. The van der Waals surface area contributed by atoms with Crippen molar-refractivity contribution >= 4 is 40.6 Å². The third-order valence-electron chi connectivity index (χ3n) is 2.56. The van der Waals surface area contributed by atoms with E-state index in [4.69, 9.17) is 11.6 Å². The van der Waals surface area contributed by atoms with Gasteiger partial charge in [0.2, 0.25) is 0 Å². The summed E-state index contributed by atoms with van der Waals surface area (Å²) >= 11 is 7.33. The highest BCUT2D eigenvalue weighted by molar-refractivity contribution is 7.98. The van der Waals surface area contributed by atoms with E-state index in [1.54, 1.807) is 13.1 Å². The van der Waals surface area contributed by atoms with Crippen LogP contribution in [0.3, 0.4) is 0 Å². The maximum atomic E-state index is 12.2. The maximum Gasteiger partial charge on any atom is 0.276 e. The lowest BCUT2D eigenvalue weighted by molar-refractivity contribution is 0.102. The summed E-state index contributed by atoms with van der Waals surface area (Å²) in [6.45, 7) is 0. The number of carbonyl (C=O) groups excluding carboxylic acids is 1. The predicted molar refractivity (Wildman–Crippen MR) is 82.8 cm³/mol. The van der Waals surface area contributed by atoms with Crippen LogP contribution < -0.4 is 10.6 Å². The zero-order valence-electron chi connectivity index (χ0n) is 11.0. The highest BCUT2D eigenvalue weighted by Gasteiger charge is 2.15. The quantitative estimate of drug-likeness (QED) is 0.671. The summed E-state index contributed by atoms with van der Waals surface area (Å²) in [5.74, 6) is -0.365. The molecule has 1 aromatic heterocycles. The summed E-state index contributed by atoms with van der Waals surface area (Å²) in [6, 6.07) is 7.38. The van der Waals surface area contributed by atoms with Gasteiger partial charge in [0.05, 0.1) is 22.6 Å². The van der Waals surface area contributed by atoms with Crippen molar-refractivity contribution in [3.05, 3.63) is 41.2 Å². The molecule has 0 saturated carbocycles. The van der Waals surface area contributed by atoms with Gasteiger partial charge in [-0.05, 0) is 18.4 Å². The van der Waals surface area contributed by atoms with E-state index < -0.39 is 0 Å². The van der Waals surface area contributed by atoms with E-state index in [1.807, 2.05) is 24.5 Å². The normalized spacial score (nSPS) is 10.2. The third kappa shape index (κ3) is 3.20. The van der Waals surface area contributed by atoms with Crippen molar-refractivity contribution in [2.24, 2.45) is 0 Å². The van der Waals surface area contributed by atoms with Crippen molar-refractivity contribution in [3.8, 4) is 0 Å². The Morgan fingerprint density at radius 2 is 2.00 bits per heavy atom. The molecule has 1 aromatic carbocycles. The van der Waals surface area contributed by atoms with E-state index in [2.05, 4.69) is 20.6 Å². The second kappa shape index (κ2) is 6.58. The van der Waals surface area contributed by atoms with Gasteiger partial charge < -0.3 is 10.6 Å². The number of para-hydroxylation sites is 2. The molecule has 20 heavy (non-hydrogen) atoms. The number of aromatic nitrogens is 2. The number of nitrogens with one attached hydrogen (secondary N) is 2. The number of hydrogen-bond acceptors (Lipinski definition) is 5. The minimum Gasteiger partial charge on any atom is -0.386 e. The fourth-order valence-corrected chi connectivity index (χ4v) is 2.12. The second-order valence-electron chi connectivity index (χ2n) is 3.80. The summed E-state index contributed by atoms with van der Waals surface area (Å²) in [5.41, 5.74) is 1.65. The van der Waals surface area contributed by atoms with Crippen LogP contribution in [-0.2, 0) is 0 Å². The van der Waals surface area contributed by atoms with Gasteiger partial charge in [0, 0.05) is 7.05 Å². The monoisotopic (exact) mass is 308 g/mol. The van der Waals surface area contributed by atoms with Crippen LogP contribution in [0.2, 0.25) is 5.02 Å². The number of thioether (sulfide) groups is 1. The Hall–Kier alpha value is -1.79. The van der Waals surface area contributed by atoms with Gasteiger partial charge in [-0.2, -0.15) is 0 Å². The molecule has 0 saturated heterocycles. The average Bonchev–Trinajstić information content (AvgIpc) is 2.48. The van der Waals surface area contributed by atoms with Crippen LogP contribution in [0.15, 0.2) is 35.6 Å². The Morgan fingerprint density at radius 3 is 2.65 bits per heavy atom. The summed E-state index contributed by atoms with van der Waals surface area (Å²) in [5, 5.41) is 6.52. The molecule has 5 nitrogen and oxygen atoms in total. The first-order valence-corrected chi connectivity index (χ1v) is 7.40. The van der Waals surface area contributed by atoms with Crippen LogP contribution in [0.1, 0.15) is 10.5 Å². The fraction of sp³-hybridized carbons (Fsp3) is 0.154. The molecule has 2 rings (SSSR count). The third-order valence-corrected chi connectivity index (χ3v) is 3.40. The minimum absolute atomic E-state index is 0.164. The summed E-state index contributed by atoms with van der Waals surface area (Å²) in [4.78, 5) is 20.4. The topological polar surface area (TPSA) is 66.9 Å². The molecular formula is C13H13ClN4OS. The molecule has 0 unspecified atom stereocenters. The SMILES string of the molecule is CNc1ccccc1NC(=O)c1nc(SC)ncc1Cl. The first kappa shape index (κ1) is 14.6. The molecule has 1 amide bonds. The molecule has 0 spiro atoms. The number of hydrogen-bond donors (Lipinski definition) is 2. The zero-order chi connectivity index (χ0) is 14.5. The Labute approximate surface area is 126 Å². The van der Waals surface area contributed by atoms with Crippen molar-refractivity contribution < 1.29 is 4.79 Å². The van der Waals surface area contributed by atoms with Crippen molar-refractivity contribution in [2.45, 2.75) is 5.16 Å². The first-order chi connectivity index (χ1) is 9.65. The molecule has 0 bridgehead atoms. The molecule has 7 heteroatoms. The lowest BCUT2D eigenvalue weighted by Crippen LogP contribution is -2.16. The number of nitrogens with zero attached hydrogens (tertiary/aromatic N) is 2. The van der Waals surface area contributed by atoms with Crippen molar-refractivity contribution in [1.29, 1.82) is 0 Å². The van der Waals surface area contributed by atoms with E-state index in [-0.39, 0.29) is 16.6 Å². The van der Waals surface area contributed by atoms with Crippen LogP contribution in [0.25, 0.3) is 0 Å². The summed E-state index contributed by atoms with van der Waals surface area (Å²) < 4.78 is 0. The molecule has 0 atom stereocenters. The van der Waals surface area contributed by atoms with E-state index >= 15 is 0 Å². The fourth-order valence-electron chi connectivity index (χ4n) is 1.60. The van der Waals surface area contributed by atoms with Crippen LogP contribution in [-0.4, -0.2) is 29.2 Å². The largest absolute Gasteiger partial charge is 0.386 e. The average molecular weight is 309 g/mol. The Bertz CT molecular complexity index is 636. The lowest BCUT2D eigenvalue weighted by Gasteiger charge is -2.10. The van der Waals surface area contributed by atoms with Crippen molar-refractivity contribution in [3.63, 3.8) is 0 Å². The number of benzene rings is 1. The van der Waals surface area contributed by atoms with E-state index in [0.717, 1.165) is 5.69 Å². The molecule has 0 aliphatic carbocycles. The number of rotatable bonds is 4. The Morgan fingerprint density at radius 1 is 1.30 bits per heavy atom. The number of anilines is 2. The molecule has 2 aromatic rings. The number of amides is 1. The van der Waals surface area contributed by atoms with E-state index in [1.165, 1.54) is 18.0 Å². The molecule has 1 heterocycles. The Kier molecular flexibility index (Phi) is 4.81. The second-order valence-corrected chi connectivity index (χ2v) is 4.98. The van der Waals surface area contributed by atoms with Gasteiger partial charge >= 0.3 is 0 Å². The lowest BCUT2D eigenvalue weighted by atomic mass is 10.2. The van der Waals surface area contributed by atoms with Crippen LogP contribution >= 0.6 is 23.4 Å². The van der Waals surface area contributed by atoms with Gasteiger partial charge in [-0.25, -0.2) is 9.97 Å². The molecule has 0 fully saturated rings. The van der Waals surface area contributed by atoms with Gasteiger partial charge in [0.25, 0.3) is 5.91 Å². The molecule has 2 N–H and O–H groups in total. The molecular weight excluding hydrogens is 296 g/mol. The summed E-state index contributed by atoms with van der Waals surface area (Å²) in [7, 11) is 1.79. The maximum absolute atomic E-state index is 12.2. The predicted octanol–water partition coefficient (Wildman–Crippen LogP) is 3.15. The molecule has 0 radical (unpaired) electrons. The van der Waals surface area contributed by atoms with Crippen LogP contribution in [0, 0.1) is 0 Å². The van der Waals surface area contributed by atoms with E-state index in [0.29, 0.717) is 10.8 Å². The first-order valence-electron chi connectivity index (χ1n) is 5.80. The Balaban J connectivity index is 2.28.